The lowest BCUT2D eigenvalue weighted by Crippen LogP contribution is -2.48. The monoisotopic (exact) mass is 451 g/mol. The zero-order chi connectivity index (χ0) is 23.4. The average molecular weight is 452 g/mol. The van der Waals surface area contributed by atoms with Crippen molar-refractivity contribution in [3.05, 3.63) is 65.4 Å². The Morgan fingerprint density at radius 2 is 1.76 bits per heavy atom. The van der Waals surface area contributed by atoms with E-state index >= 15 is 0 Å². The molecule has 2 heterocycles. The smallest absolute Gasteiger partial charge is 0.259 e. The molecule has 0 bridgehead atoms. The van der Waals surface area contributed by atoms with E-state index in [4.69, 9.17) is 14.0 Å². The molecule has 174 valence electrons. The Labute approximate surface area is 193 Å². The molecular weight excluding hydrogens is 422 g/mol. The molecule has 0 spiro atoms. The number of methoxy groups -OCH3 is 2. The van der Waals surface area contributed by atoms with Gasteiger partial charge in [-0.15, -0.1) is 0 Å². The second-order valence-corrected chi connectivity index (χ2v) is 8.07. The second-order valence-electron chi connectivity index (χ2n) is 8.07. The lowest BCUT2D eigenvalue weighted by Gasteiger charge is -2.34. The van der Waals surface area contributed by atoms with Crippen molar-refractivity contribution in [2.24, 2.45) is 0 Å². The van der Waals surface area contributed by atoms with E-state index in [2.05, 4.69) is 22.2 Å². The molecule has 0 saturated carbocycles. The summed E-state index contributed by atoms with van der Waals surface area (Å²) in [7, 11) is 3.11. The van der Waals surface area contributed by atoms with Crippen LogP contribution in [0.25, 0.3) is 11.3 Å². The van der Waals surface area contributed by atoms with Gasteiger partial charge in [0.15, 0.2) is 17.3 Å². The number of aliphatic hydroxyl groups is 1. The standard InChI is InChI=1S/C25H29N3O5/c1-17(29)24-22(23(26-33-24)19-9-10-20(31-2)21(15-19)32-3)25(30)28-13-11-27(12-14-28)16-18-7-5-4-6-8-18/h4-10,15,17,29H,11-14,16H2,1-3H3. The van der Waals surface area contributed by atoms with Crippen molar-refractivity contribution in [2.75, 3.05) is 40.4 Å². The number of benzene rings is 2. The third-order valence-electron chi connectivity index (χ3n) is 5.88. The molecule has 1 aliphatic rings. The fourth-order valence-electron chi connectivity index (χ4n) is 4.08. The Hall–Kier alpha value is -3.36. The van der Waals surface area contributed by atoms with Crippen LogP contribution in [0.1, 0.15) is 34.7 Å². The lowest BCUT2D eigenvalue weighted by molar-refractivity contribution is 0.0619. The van der Waals surface area contributed by atoms with Gasteiger partial charge in [-0.1, -0.05) is 35.5 Å². The quantitative estimate of drug-likeness (QED) is 0.589. The SMILES string of the molecule is COc1ccc(-c2noc(C(C)O)c2C(=O)N2CCN(Cc3ccccc3)CC2)cc1OC. The highest BCUT2D eigenvalue weighted by Gasteiger charge is 2.32. The highest BCUT2D eigenvalue weighted by Crippen LogP contribution is 2.36. The molecule has 1 fully saturated rings. The Morgan fingerprint density at radius 3 is 2.39 bits per heavy atom. The maximum atomic E-state index is 13.6. The van der Waals surface area contributed by atoms with Gasteiger partial charge in [0.2, 0.25) is 0 Å². The van der Waals surface area contributed by atoms with Crippen molar-refractivity contribution in [3.63, 3.8) is 0 Å². The van der Waals surface area contributed by atoms with Crippen LogP contribution in [0.5, 0.6) is 11.5 Å². The van der Waals surface area contributed by atoms with E-state index in [1.807, 2.05) is 18.2 Å². The van der Waals surface area contributed by atoms with Crippen molar-refractivity contribution in [1.82, 2.24) is 15.0 Å². The number of aromatic nitrogens is 1. The van der Waals surface area contributed by atoms with E-state index in [9.17, 15) is 9.90 Å². The van der Waals surface area contributed by atoms with Gasteiger partial charge in [0.1, 0.15) is 17.4 Å². The van der Waals surface area contributed by atoms with Crippen LogP contribution >= 0.6 is 0 Å². The van der Waals surface area contributed by atoms with Gasteiger partial charge in [0.25, 0.3) is 5.91 Å². The van der Waals surface area contributed by atoms with Crippen LogP contribution in [-0.4, -0.2) is 66.4 Å². The van der Waals surface area contributed by atoms with Gasteiger partial charge < -0.3 is 24.0 Å². The summed E-state index contributed by atoms with van der Waals surface area (Å²) in [6, 6.07) is 15.6. The van der Waals surface area contributed by atoms with Crippen LogP contribution in [-0.2, 0) is 6.54 Å². The summed E-state index contributed by atoms with van der Waals surface area (Å²) >= 11 is 0. The highest BCUT2D eigenvalue weighted by molar-refractivity contribution is 6.01. The van der Waals surface area contributed by atoms with Gasteiger partial charge >= 0.3 is 0 Å². The average Bonchev–Trinajstić information content (AvgIpc) is 3.30. The number of ether oxygens (including phenoxy) is 2. The van der Waals surface area contributed by atoms with E-state index in [1.165, 1.54) is 5.56 Å². The van der Waals surface area contributed by atoms with Crippen LogP contribution in [0, 0.1) is 0 Å². The zero-order valence-electron chi connectivity index (χ0n) is 19.2. The number of rotatable bonds is 7. The topological polar surface area (TPSA) is 88.3 Å². The zero-order valence-corrected chi connectivity index (χ0v) is 19.2. The van der Waals surface area contributed by atoms with Crippen LogP contribution in [0.2, 0.25) is 0 Å². The maximum Gasteiger partial charge on any atom is 0.259 e. The molecule has 1 aromatic heterocycles. The predicted molar refractivity (Wildman–Crippen MR) is 123 cm³/mol. The summed E-state index contributed by atoms with van der Waals surface area (Å²) in [5.74, 6) is 1.06. The molecule has 8 heteroatoms. The predicted octanol–water partition coefficient (Wildman–Crippen LogP) is 3.37. The van der Waals surface area contributed by atoms with Gasteiger partial charge in [-0.3, -0.25) is 9.69 Å². The normalized spacial score (nSPS) is 15.3. The Kier molecular flexibility index (Phi) is 6.96. The first-order chi connectivity index (χ1) is 16.0. The Bertz CT molecular complexity index is 1090. The van der Waals surface area contributed by atoms with E-state index < -0.39 is 6.10 Å². The van der Waals surface area contributed by atoms with Gasteiger partial charge in [-0.2, -0.15) is 0 Å². The van der Waals surface area contributed by atoms with Crippen LogP contribution in [0.4, 0.5) is 0 Å². The van der Waals surface area contributed by atoms with Crippen molar-refractivity contribution >= 4 is 5.91 Å². The molecule has 0 aliphatic carbocycles. The minimum absolute atomic E-state index is 0.163. The van der Waals surface area contributed by atoms with E-state index in [0.717, 1.165) is 19.6 Å². The molecular formula is C25H29N3O5. The number of hydrogen-bond donors (Lipinski definition) is 1. The Morgan fingerprint density at radius 1 is 1.06 bits per heavy atom. The van der Waals surface area contributed by atoms with Gasteiger partial charge in [0.05, 0.1) is 14.2 Å². The fraction of sp³-hybridized carbons (Fsp3) is 0.360. The molecule has 1 atom stereocenters. The number of hydrogen-bond acceptors (Lipinski definition) is 7. The van der Waals surface area contributed by atoms with Gasteiger partial charge in [0, 0.05) is 38.3 Å². The summed E-state index contributed by atoms with van der Waals surface area (Å²) in [5, 5.41) is 14.4. The van der Waals surface area contributed by atoms with Crippen LogP contribution < -0.4 is 9.47 Å². The van der Waals surface area contributed by atoms with Crippen molar-refractivity contribution in [2.45, 2.75) is 19.6 Å². The fourth-order valence-corrected chi connectivity index (χ4v) is 4.08. The maximum absolute atomic E-state index is 13.6. The second kappa shape index (κ2) is 10.1. The molecule has 2 aromatic carbocycles. The Balaban J connectivity index is 1.56. The number of carbonyl (C=O) groups is 1. The summed E-state index contributed by atoms with van der Waals surface area (Å²) in [6.45, 7) is 5.12. The summed E-state index contributed by atoms with van der Waals surface area (Å²) in [5.41, 5.74) is 2.56. The summed E-state index contributed by atoms with van der Waals surface area (Å²) in [6.07, 6.45) is -0.968. The largest absolute Gasteiger partial charge is 0.493 e. The molecule has 3 aromatic rings. The lowest BCUT2D eigenvalue weighted by atomic mass is 10.0. The van der Waals surface area contributed by atoms with E-state index in [0.29, 0.717) is 35.8 Å². The number of carbonyl (C=O) groups excluding carboxylic acids is 1. The number of aliphatic hydroxyl groups excluding tert-OH is 1. The van der Waals surface area contributed by atoms with E-state index in [1.54, 1.807) is 44.2 Å². The van der Waals surface area contributed by atoms with Crippen molar-refractivity contribution in [1.29, 1.82) is 0 Å². The number of amides is 1. The van der Waals surface area contributed by atoms with Crippen LogP contribution in [0.15, 0.2) is 53.1 Å². The number of nitrogens with zero attached hydrogens (tertiary/aromatic N) is 3. The molecule has 8 nitrogen and oxygen atoms in total. The first kappa shape index (κ1) is 22.8. The first-order valence-electron chi connectivity index (χ1n) is 11.0. The molecule has 4 rings (SSSR count). The molecule has 1 unspecified atom stereocenters. The first-order valence-corrected chi connectivity index (χ1v) is 11.0. The molecule has 33 heavy (non-hydrogen) atoms. The third kappa shape index (κ3) is 4.86. The van der Waals surface area contributed by atoms with Crippen molar-refractivity contribution in [3.8, 4) is 22.8 Å². The van der Waals surface area contributed by atoms with Gasteiger partial charge in [-0.05, 0) is 30.7 Å². The highest BCUT2D eigenvalue weighted by atomic mass is 16.5. The summed E-state index contributed by atoms with van der Waals surface area (Å²) in [4.78, 5) is 17.7. The van der Waals surface area contributed by atoms with E-state index in [-0.39, 0.29) is 17.2 Å². The molecule has 1 amide bonds. The molecule has 0 radical (unpaired) electrons. The number of piperazine rings is 1. The van der Waals surface area contributed by atoms with Crippen LogP contribution in [0.3, 0.4) is 0 Å². The van der Waals surface area contributed by atoms with Gasteiger partial charge in [-0.25, -0.2) is 0 Å². The summed E-state index contributed by atoms with van der Waals surface area (Å²) < 4.78 is 16.1. The third-order valence-corrected chi connectivity index (χ3v) is 5.88. The van der Waals surface area contributed by atoms with Crippen molar-refractivity contribution < 1.29 is 23.9 Å². The minimum Gasteiger partial charge on any atom is -0.493 e. The molecule has 1 N–H and O–H groups in total. The molecule has 1 aliphatic heterocycles. The minimum atomic E-state index is -0.968. The molecule has 1 saturated heterocycles.